The van der Waals surface area contributed by atoms with Gasteiger partial charge in [0.15, 0.2) is 0 Å². The fourth-order valence-corrected chi connectivity index (χ4v) is 2.62. The summed E-state index contributed by atoms with van der Waals surface area (Å²) >= 11 is 0. The highest BCUT2D eigenvalue weighted by Gasteiger charge is 2.27. The molecule has 0 bridgehead atoms. The molecule has 0 unspecified atom stereocenters. The predicted molar refractivity (Wildman–Crippen MR) is 40.2 cm³/mol. The van der Waals surface area contributed by atoms with Crippen LogP contribution in [-0.2, 0) is 10.0 Å². The SMILES string of the molecule is C[C@@H]1CCCN1S(C)(=O)=O. The van der Waals surface area contributed by atoms with Crippen LogP contribution >= 0.6 is 0 Å². The fourth-order valence-electron chi connectivity index (χ4n) is 1.40. The molecule has 1 rings (SSSR count). The van der Waals surface area contributed by atoms with Crippen LogP contribution in [-0.4, -0.2) is 31.6 Å². The number of hydrogen-bond acceptors (Lipinski definition) is 2. The lowest BCUT2D eigenvalue weighted by Crippen LogP contribution is -2.32. The molecule has 0 amide bonds. The molecule has 0 saturated carbocycles. The number of hydrogen-bond donors (Lipinski definition) is 0. The number of sulfonamides is 1. The maximum Gasteiger partial charge on any atom is 0.211 e. The monoisotopic (exact) mass is 163 g/mol. The smallest absolute Gasteiger partial charge is 0.211 e. The zero-order chi connectivity index (χ0) is 7.78. The van der Waals surface area contributed by atoms with Crippen molar-refractivity contribution >= 4 is 10.0 Å². The quantitative estimate of drug-likeness (QED) is 0.562. The first-order valence-electron chi connectivity index (χ1n) is 3.48. The van der Waals surface area contributed by atoms with Crippen LogP contribution in [0.1, 0.15) is 19.8 Å². The largest absolute Gasteiger partial charge is 0.212 e. The molecule has 60 valence electrons. The van der Waals surface area contributed by atoms with Crippen molar-refractivity contribution < 1.29 is 8.42 Å². The molecule has 1 fully saturated rings. The first-order valence-corrected chi connectivity index (χ1v) is 5.33. The van der Waals surface area contributed by atoms with Crippen LogP contribution in [0, 0.1) is 0 Å². The van der Waals surface area contributed by atoms with Crippen molar-refractivity contribution in [2.45, 2.75) is 25.8 Å². The van der Waals surface area contributed by atoms with Crippen LogP contribution in [0.25, 0.3) is 0 Å². The van der Waals surface area contributed by atoms with E-state index in [9.17, 15) is 8.42 Å². The summed E-state index contributed by atoms with van der Waals surface area (Å²) in [7, 11) is -2.92. The highest BCUT2D eigenvalue weighted by Crippen LogP contribution is 2.18. The standard InChI is InChI=1S/C6H13NO2S/c1-6-4-3-5-7(6)10(2,8)9/h6H,3-5H2,1-2H3/t6-/m1/s1. The normalized spacial score (nSPS) is 29.2. The minimum absolute atomic E-state index is 0.218. The lowest BCUT2D eigenvalue weighted by atomic mass is 10.3. The minimum Gasteiger partial charge on any atom is -0.212 e. The second-order valence-electron chi connectivity index (χ2n) is 2.86. The van der Waals surface area contributed by atoms with Gasteiger partial charge in [-0.2, -0.15) is 4.31 Å². The summed E-state index contributed by atoms with van der Waals surface area (Å²) in [6.45, 7) is 2.66. The first-order chi connectivity index (χ1) is 4.52. The van der Waals surface area contributed by atoms with Crippen molar-refractivity contribution in [2.24, 2.45) is 0 Å². The van der Waals surface area contributed by atoms with Crippen molar-refractivity contribution in [2.75, 3.05) is 12.8 Å². The lowest BCUT2D eigenvalue weighted by Gasteiger charge is -2.17. The highest BCUT2D eigenvalue weighted by molar-refractivity contribution is 7.88. The molecule has 1 heterocycles. The van der Waals surface area contributed by atoms with Crippen LogP contribution in [0.5, 0.6) is 0 Å². The van der Waals surface area contributed by atoms with Crippen LogP contribution in [0.2, 0.25) is 0 Å². The van der Waals surface area contributed by atoms with Gasteiger partial charge in [0.05, 0.1) is 6.26 Å². The zero-order valence-electron chi connectivity index (χ0n) is 6.37. The summed E-state index contributed by atoms with van der Waals surface area (Å²) in [4.78, 5) is 0. The van der Waals surface area contributed by atoms with Crippen molar-refractivity contribution in [1.29, 1.82) is 0 Å². The van der Waals surface area contributed by atoms with Crippen molar-refractivity contribution in [3.63, 3.8) is 0 Å². The van der Waals surface area contributed by atoms with Gasteiger partial charge >= 0.3 is 0 Å². The maximum absolute atomic E-state index is 11.0. The van der Waals surface area contributed by atoms with E-state index in [0.717, 1.165) is 12.8 Å². The molecule has 1 saturated heterocycles. The van der Waals surface area contributed by atoms with E-state index in [4.69, 9.17) is 0 Å². The highest BCUT2D eigenvalue weighted by atomic mass is 32.2. The topological polar surface area (TPSA) is 37.4 Å². The Bertz CT molecular complexity index is 210. The van der Waals surface area contributed by atoms with Gasteiger partial charge in [0.25, 0.3) is 0 Å². The first kappa shape index (κ1) is 8.01. The Hall–Kier alpha value is -0.0900. The molecule has 1 aliphatic rings. The summed E-state index contributed by atoms with van der Waals surface area (Å²) in [6.07, 6.45) is 3.29. The third-order valence-corrected chi connectivity index (χ3v) is 3.31. The van der Waals surface area contributed by atoms with E-state index in [-0.39, 0.29) is 6.04 Å². The molecular weight excluding hydrogens is 150 g/mol. The minimum atomic E-state index is -2.92. The van der Waals surface area contributed by atoms with Gasteiger partial charge in [-0.15, -0.1) is 0 Å². The van der Waals surface area contributed by atoms with Crippen molar-refractivity contribution in [3.8, 4) is 0 Å². The Labute approximate surface area is 62.1 Å². The average Bonchev–Trinajstić information content (AvgIpc) is 2.11. The Balaban J connectivity index is 2.74. The van der Waals surface area contributed by atoms with E-state index < -0.39 is 10.0 Å². The molecule has 1 aliphatic heterocycles. The van der Waals surface area contributed by atoms with Gasteiger partial charge in [-0.05, 0) is 19.8 Å². The fraction of sp³-hybridized carbons (Fsp3) is 1.00. The van der Waals surface area contributed by atoms with E-state index in [1.165, 1.54) is 6.26 Å². The second kappa shape index (κ2) is 2.51. The van der Waals surface area contributed by atoms with Gasteiger partial charge in [0.2, 0.25) is 10.0 Å². The third-order valence-electron chi connectivity index (χ3n) is 1.92. The maximum atomic E-state index is 11.0. The molecule has 0 spiro atoms. The predicted octanol–water partition coefficient (Wildman–Crippen LogP) is 0.430. The van der Waals surface area contributed by atoms with Gasteiger partial charge in [-0.1, -0.05) is 0 Å². The Kier molecular flexibility index (Phi) is 2.01. The molecule has 0 N–H and O–H groups in total. The molecule has 0 aromatic rings. The number of rotatable bonds is 1. The second-order valence-corrected chi connectivity index (χ2v) is 4.80. The summed E-state index contributed by atoms with van der Waals surface area (Å²) in [5.41, 5.74) is 0. The van der Waals surface area contributed by atoms with Gasteiger partial charge in [-0.3, -0.25) is 0 Å². The van der Waals surface area contributed by atoms with Crippen LogP contribution in [0.4, 0.5) is 0 Å². The molecule has 3 nitrogen and oxygen atoms in total. The number of nitrogens with zero attached hydrogens (tertiary/aromatic N) is 1. The van der Waals surface area contributed by atoms with E-state index in [2.05, 4.69) is 0 Å². The molecule has 4 heteroatoms. The van der Waals surface area contributed by atoms with Gasteiger partial charge < -0.3 is 0 Å². The van der Waals surface area contributed by atoms with Crippen molar-refractivity contribution in [1.82, 2.24) is 4.31 Å². The summed E-state index contributed by atoms with van der Waals surface area (Å²) < 4.78 is 23.5. The molecule has 0 aliphatic carbocycles. The summed E-state index contributed by atoms with van der Waals surface area (Å²) in [5.74, 6) is 0. The third kappa shape index (κ3) is 1.49. The van der Waals surface area contributed by atoms with Gasteiger partial charge in [0, 0.05) is 12.6 Å². The molecule has 10 heavy (non-hydrogen) atoms. The van der Waals surface area contributed by atoms with E-state index >= 15 is 0 Å². The molecule has 1 atom stereocenters. The summed E-state index contributed by atoms with van der Waals surface area (Å²) in [6, 6.07) is 0.218. The average molecular weight is 163 g/mol. The Morgan fingerprint density at radius 2 is 2.10 bits per heavy atom. The molecule has 0 aromatic carbocycles. The van der Waals surface area contributed by atoms with Crippen LogP contribution in [0.15, 0.2) is 0 Å². The van der Waals surface area contributed by atoms with Crippen LogP contribution < -0.4 is 0 Å². The van der Waals surface area contributed by atoms with E-state index in [0.29, 0.717) is 6.54 Å². The molecule has 0 aromatic heterocycles. The van der Waals surface area contributed by atoms with E-state index in [1.54, 1.807) is 4.31 Å². The van der Waals surface area contributed by atoms with Gasteiger partial charge in [-0.25, -0.2) is 8.42 Å². The van der Waals surface area contributed by atoms with Crippen molar-refractivity contribution in [3.05, 3.63) is 0 Å². The molecule has 0 radical (unpaired) electrons. The molecular formula is C6H13NO2S. The van der Waals surface area contributed by atoms with Gasteiger partial charge in [0.1, 0.15) is 0 Å². The zero-order valence-corrected chi connectivity index (χ0v) is 7.19. The summed E-state index contributed by atoms with van der Waals surface area (Å²) in [5, 5.41) is 0. The van der Waals surface area contributed by atoms with E-state index in [1.807, 2.05) is 6.92 Å². The van der Waals surface area contributed by atoms with Crippen LogP contribution in [0.3, 0.4) is 0 Å². The Morgan fingerprint density at radius 1 is 1.50 bits per heavy atom. The Morgan fingerprint density at radius 3 is 2.30 bits per heavy atom. The lowest BCUT2D eigenvalue weighted by molar-refractivity contribution is 0.412.